The minimum absolute atomic E-state index is 0.870. The van der Waals surface area contributed by atoms with Gasteiger partial charge in [0.15, 0.2) is 0 Å². The Bertz CT molecular complexity index is 7110. The van der Waals surface area contributed by atoms with Gasteiger partial charge in [-0.3, -0.25) is 0 Å². The first-order chi connectivity index (χ1) is 52.1. The third-order valence-corrected chi connectivity index (χ3v) is 22.7. The first kappa shape index (κ1) is 59.1. The van der Waals surface area contributed by atoms with Gasteiger partial charge in [0.2, 0.25) is 0 Å². The number of para-hydroxylation sites is 2. The Balaban J connectivity index is 0.952. The van der Waals surface area contributed by atoms with Crippen molar-refractivity contribution in [1.82, 2.24) is 4.57 Å². The van der Waals surface area contributed by atoms with E-state index in [1.54, 1.807) is 0 Å². The minimum Gasteiger partial charge on any atom is -0.456 e. The van der Waals surface area contributed by atoms with Crippen LogP contribution < -0.4 is 0 Å². The van der Waals surface area contributed by atoms with E-state index in [2.05, 4.69) is 375 Å². The van der Waals surface area contributed by atoms with Gasteiger partial charge in [0.05, 0.1) is 11.0 Å². The van der Waals surface area contributed by atoms with Crippen LogP contribution in [0.1, 0.15) is 11.1 Å². The normalized spacial score (nSPS) is 12.2. The van der Waals surface area contributed by atoms with E-state index in [0.717, 1.165) is 89.7 Å². The van der Waals surface area contributed by atoms with E-state index in [4.69, 9.17) is 4.42 Å². The van der Waals surface area contributed by atoms with Crippen LogP contribution in [0.25, 0.3) is 215 Å². The monoisotopic (exact) mass is 1330 g/mol. The van der Waals surface area contributed by atoms with Crippen LogP contribution >= 0.6 is 0 Å². The average Bonchev–Trinajstić information content (AvgIpc) is 1.34. The molecule has 2 nitrogen and oxygen atoms in total. The Kier molecular flexibility index (Phi) is 13.2. The largest absolute Gasteiger partial charge is 0.456 e. The van der Waals surface area contributed by atoms with E-state index in [9.17, 15) is 0 Å². The fourth-order valence-corrected chi connectivity index (χ4v) is 18.4. The second kappa shape index (κ2) is 23.5. The molecule has 0 saturated heterocycles. The molecule has 2 heteroatoms. The summed E-state index contributed by atoms with van der Waals surface area (Å²) in [6, 6.07) is 139. The van der Waals surface area contributed by atoms with Gasteiger partial charge in [-0.15, -0.1) is 0 Å². The zero-order chi connectivity index (χ0) is 68.8. The molecule has 0 atom stereocenters. The zero-order valence-corrected chi connectivity index (χ0v) is 57.3. The Morgan fingerprint density at radius 3 is 1.10 bits per heavy atom. The fraction of sp³-hybridized carbons (Fsp3) is 0.00971. The van der Waals surface area contributed by atoms with Crippen molar-refractivity contribution in [3.63, 3.8) is 0 Å². The van der Waals surface area contributed by atoms with Gasteiger partial charge >= 0.3 is 0 Å². The van der Waals surface area contributed by atoms with Crippen LogP contribution in [-0.2, 0) is 6.42 Å². The van der Waals surface area contributed by atoms with Crippen molar-refractivity contribution in [2.75, 3.05) is 0 Å². The van der Waals surface area contributed by atoms with Gasteiger partial charge < -0.3 is 8.98 Å². The number of hydrogen-bond acceptors (Lipinski definition) is 1. The molecule has 486 valence electrons. The maximum Gasteiger partial charge on any atom is 0.136 e. The van der Waals surface area contributed by atoms with Gasteiger partial charge in [-0.2, -0.15) is 0 Å². The van der Waals surface area contributed by atoms with Crippen LogP contribution in [0, 0.1) is 0 Å². The molecule has 19 aromatic carbocycles. The SMILES string of the molecule is c1ccc(-c2c(-c3ccccc3)c(-c3ccccc3)c3c4cccc5c6c(-c7cccc(-n8c9ccccc9c9cc%10c(cc98)Cc8ccccc8-%10)c7)c(-c7ccccc7)c(-c7ccccc7)c(-c7cccc(-c8ccc9c(c8)oc8ccccc89)c7)c6c6cccc(c3c2-c2ccccc2)c6c45)cc1. The molecule has 22 rings (SSSR count). The van der Waals surface area contributed by atoms with Crippen LogP contribution in [0.4, 0.5) is 0 Å². The quantitative estimate of drug-likeness (QED) is 0.0986. The number of fused-ring (bicyclic) bond motifs is 15. The molecule has 1 aliphatic rings. The molecule has 0 aliphatic heterocycles. The molecular formula is C103H63NO. The summed E-state index contributed by atoms with van der Waals surface area (Å²) in [6.45, 7) is 0. The Hall–Kier alpha value is -13.7. The Morgan fingerprint density at radius 1 is 0.190 bits per heavy atom. The molecule has 0 fully saturated rings. The zero-order valence-electron chi connectivity index (χ0n) is 57.3. The van der Waals surface area contributed by atoms with Crippen molar-refractivity contribution < 1.29 is 4.42 Å². The van der Waals surface area contributed by atoms with Gasteiger partial charge in [-0.05, 0) is 237 Å². The maximum absolute atomic E-state index is 6.66. The first-order valence-corrected chi connectivity index (χ1v) is 36.5. The van der Waals surface area contributed by atoms with E-state index < -0.39 is 0 Å². The molecule has 21 aromatic rings. The lowest BCUT2D eigenvalue weighted by molar-refractivity contribution is 0.669. The minimum atomic E-state index is 0.870. The summed E-state index contributed by atoms with van der Waals surface area (Å²) in [4.78, 5) is 0. The smallest absolute Gasteiger partial charge is 0.136 e. The summed E-state index contributed by atoms with van der Waals surface area (Å²) in [7, 11) is 0. The summed E-state index contributed by atoms with van der Waals surface area (Å²) in [5.74, 6) is 0. The topological polar surface area (TPSA) is 18.1 Å². The number of rotatable bonds is 10. The van der Waals surface area contributed by atoms with E-state index in [0.29, 0.717) is 0 Å². The highest BCUT2D eigenvalue weighted by molar-refractivity contribution is 6.46. The first-order valence-electron chi connectivity index (χ1n) is 36.5. The van der Waals surface area contributed by atoms with Gasteiger partial charge in [0, 0.05) is 27.2 Å². The highest BCUT2D eigenvalue weighted by Crippen LogP contribution is 2.60. The van der Waals surface area contributed by atoms with Crippen molar-refractivity contribution in [3.05, 3.63) is 381 Å². The molecule has 0 saturated carbocycles. The number of hydrogen-bond donors (Lipinski definition) is 0. The van der Waals surface area contributed by atoms with Crippen LogP contribution in [0.15, 0.2) is 374 Å². The highest BCUT2D eigenvalue weighted by atomic mass is 16.3. The Morgan fingerprint density at radius 2 is 0.571 bits per heavy atom. The molecule has 2 aromatic heterocycles. The second-order valence-corrected chi connectivity index (χ2v) is 28.3. The molecule has 0 spiro atoms. The average molecular weight is 1330 g/mol. The van der Waals surface area contributed by atoms with E-state index >= 15 is 0 Å². The molecule has 0 amide bonds. The summed E-state index contributed by atoms with van der Waals surface area (Å²) in [5, 5.41) is 16.9. The molecule has 0 N–H and O–H groups in total. The molecule has 0 radical (unpaired) electrons. The third-order valence-electron chi connectivity index (χ3n) is 22.7. The van der Waals surface area contributed by atoms with Crippen molar-refractivity contribution in [3.8, 4) is 117 Å². The van der Waals surface area contributed by atoms with Gasteiger partial charge in [-0.1, -0.05) is 315 Å². The summed E-state index contributed by atoms with van der Waals surface area (Å²) >= 11 is 0. The number of benzene rings is 19. The lowest BCUT2D eigenvalue weighted by Gasteiger charge is -2.29. The predicted molar refractivity (Wildman–Crippen MR) is 444 cm³/mol. The molecule has 1 aliphatic carbocycles. The molecule has 105 heavy (non-hydrogen) atoms. The fourth-order valence-electron chi connectivity index (χ4n) is 18.4. The van der Waals surface area contributed by atoms with Crippen LogP contribution in [0.3, 0.4) is 0 Å². The summed E-state index contributed by atoms with van der Waals surface area (Å²) < 4.78 is 9.20. The van der Waals surface area contributed by atoms with E-state index in [-0.39, 0.29) is 0 Å². The Labute approximate surface area is 607 Å². The summed E-state index contributed by atoms with van der Waals surface area (Å²) in [6.07, 6.45) is 0.904. The second-order valence-electron chi connectivity index (χ2n) is 28.3. The third kappa shape index (κ3) is 8.97. The van der Waals surface area contributed by atoms with E-state index in [1.165, 1.54) is 142 Å². The highest BCUT2D eigenvalue weighted by Gasteiger charge is 2.33. The molecule has 0 bridgehead atoms. The van der Waals surface area contributed by atoms with Gasteiger partial charge in [0.25, 0.3) is 0 Å². The predicted octanol–water partition coefficient (Wildman–Crippen LogP) is 28.5. The standard InChI is InChI=1S/C103H63NO/c1-7-29-63(30-8-1)90-91(64-31-9-2-10-32-64)95(68-39-17-6-18-40-68)101-81-50-28-52-83-99(81)98-80(100(101)94(90)67-37-15-5-16-38-67)49-27-51-82(98)102-96(72-43-25-42-69(57-72)70-55-56-79-78-48-22-24-54-88(78)105-89(79)61-70)92(65-33-11-3-12-34-65)93(66-35-13-4-14-36-66)97(103(83)102)73-44-26-45-75(59-73)104-86-53-23-21-47-77(86)85-62-84-74(60-87(85)104)58-71-41-19-20-46-76(71)84/h1-57,59-62H,58H2. The lowest BCUT2D eigenvalue weighted by atomic mass is 9.73. The van der Waals surface area contributed by atoms with Gasteiger partial charge in [0.1, 0.15) is 11.2 Å². The van der Waals surface area contributed by atoms with Crippen LogP contribution in [-0.4, -0.2) is 4.57 Å². The van der Waals surface area contributed by atoms with Crippen molar-refractivity contribution in [2.45, 2.75) is 6.42 Å². The summed E-state index contributed by atoms with van der Waals surface area (Å²) in [5.41, 5.74) is 31.5. The lowest BCUT2D eigenvalue weighted by Crippen LogP contribution is -2.02. The molecule has 0 unspecified atom stereocenters. The number of nitrogens with zero attached hydrogens (tertiary/aromatic N) is 1. The van der Waals surface area contributed by atoms with Crippen molar-refractivity contribution in [2.24, 2.45) is 0 Å². The van der Waals surface area contributed by atoms with E-state index in [1.807, 2.05) is 0 Å². The molecule has 2 heterocycles. The van der Waals surface area contributed by atoms with Crippen LogP contribution in [0.2, 0.25) is 0 Å². The molecular weight excluding hydrogens is 1270 g/mol. The number of furan rings is 1. The number of aromatic nitrogens is 1. The maximum atomic E-state index is 6.66. The van der Waals surface area contributed by atoms with Crippen molar-refractivity contribution in [1.29, 1.82) is 0 Å². The van der Waals surface area contributed by atoms with Crippen molar-refractivity contribution >= 4 is 97.6 Å². The van der Waals surface area contributed by atoms with Crippen LogP contribution in [0.5, 0.6) is 0 Å². The van der Waals surface area contributed by atoms with Gasteiger partial charge in [-0.25, -0.2) is 0 Å².